The zero-order valence-electron chi connectivity index (χ0n) is 5.94. The van der Waals surface area contributed by atoms with Crippen LogP contribution in [-0.4, -0.2) is 18.1 Å². The van der Waals surface area contributed by atoms with Crippen molar-refractivity contribution in [3.05, 3.63) is 24.0 Å². The number of carbonyl (C=O) groups is 1. The molecule has 0 aromatic carbocycles. The molecule has 58 valence electrons. The van der Waals surface area contributed by atoms with Crippen molar-refractivity contribution in [2.24, 2.45) is 0 Å². The highest BCUT2D eigenvalue weighted by Gasteiger charge is 2.04. The molecule has 0 radical (unpaired) electrons. The van der Waals surface area contributed by atoms with E-state index in [0.29, 0.717) is 10.5 Å². The van der Waals surface area contributed by atoms with Crippen LogP contribution < -0.4 is 0 Å². The summed E-state index contributed by atoms with van der Waals surface area (Å²) in [6.45, 7) is 0. The van der Waals surface area contributed by atoms with Gasteiger partial charge >= 0.3 is 5.97 Å². The molecule has 1 aromatic heterocycles. The van der Waals surface area contributed by atoms with Gasteiger partial charge < -0.3 is 4.74 Å². The van der Waals surface area contributed by atoms with Gasteiger partial charge in [-0.1, -0.05) is 0 Å². The van der Waals surface area contributed by atoms with Crippen LogP contribution in [-0.2, 0) is 4.74 Å². The van der Waals surface area contributed by atoms with E-state index < -0.39 is 5.97 Å². The minimum absolute atomic E-state index is 0.395. The van der Waals surface area contributed by atoms with Gasteiger partial charge in [0.2, 0.25) is 0 Å². The molecule has 0 aliphatic heterocycles. The van der Waals surface area contributed by atoms with Crippen molar-refractivity contribution in [1.82, 2.24) is 4.98 Å². The lowest BCUT2D eigenvalue weighted by molar-refractivity contribution is 0.0600. The van der Waals surface area contributed by atoms with Crippen molar-refractivity contribution in [3.8, 4) is 0 Å². The molecular formula is C7H7NO2S. The van der Waals surface area contributed by atoms with Gasteiger partial charge in [0, 0.05) is 17.3 Å². The Labute approximate surface area is 69.8 Å². The van der Waals surface area contributed by atoms with Gasteiger partial charge in [0.1, 0.15) is 0 Å². The van der Waals surface area contributed by atoms with Crippen molar-refractivity contribution >= 4 is 18.6 Å². The second-order valence-corrected chi connectivity index (χ2v) is 2.44. The molecule has 0 saturated carbocycles. The van der Waals surface area contributed by atoms with Crippen molar-refractivity contribution < 1.29 is 9.53 Å². The van der Waals surface area contributed by atoms with E-state index in [4.69, 9.17) is 0 Å². The summed E-state index contributed by atoms with van der Waals surface area (Å²) < 4.78 is 4.48. The van der Waals surface area contributed by atoms with Gasteiger partial charge in [-0.25, -0.2) is 4.79 Å². The van der Waals surface area contributed by atoms with Crippen LogP contribution in [0.15, 0.2) is 23.4 Å². The SMILES string of the molecule is COC(=O)c1cncc(S)c1. The number of rotatable bonds is 1. The maximum absolute atomic E-state index is 10.9. The Morgan fingerprint density at radius 1 is 1.64 bits per heavy atom. The van der Waals surface area contributed by atoms with E-state index in [1.54, 1.807) is 12.3 Å². The molecule has 0 bridgehead atoms. The summed E-state index contributed by atoms with van der Waals surface area (Å²) in [6, 6.07) is 1.60. The Bertz CT molecular complexity index is 275. The fraction of sp³-hybridized carbons (Fsp3) is 0.143. The normalized spacial score (nSPS) is 9.27. The van der Waals surface area contributed by atoms with E-state index in [9.17, 15) is 4.79 Å². The zero-order chi connectivity index (χ0) is 8.27. The molecule has 3 nitrogen and oxygen atoms in total. The standard InChI is InChI=1S/C7H7NO2S/c1-10-7(9)5-2-6(11)4-8-3-5/h2-4,11H,1H3. The fourth-order valence-corrected chi connectivity index (χ4v) is 0.863. The Hall–Kier alpha value is -1.03. The molecule has 1 aromatic rings. The summed E-state index contributed by atoms with van der Waals surface area (Å²) in [5, 5.41) is 0. The number of hydrogen-bond acceptors (Lipinski definition) is 4. The topological polar surface area (TPSA) is 39.2 Å². The molecule has 0 N–H and O–H groups in total. The molecule has 1 heterocycles. The first kappa shape index (κ1) is 8.07. The molecular weight excluding hydrogens is 162 g/mol. The number of carbonyl (C=O) groups excluding carboxylic acids is 1. The third-order valence-corrected chi connectivity index (χ3v) is 1.39. The summed E-state index contributed by atoms with van der Waals surface area (Å²) in [5.41, 5.74) is 0.417. The number of ether oxygens (including phenoxy) is 1. The van der Waals surface area contributed by atoms with Gasteiger partial charge in [-0.2, -0.15) is 0 Å². The van der Waals surface area contributed by atoms with Crippen LogP contribution in [0.2, 0.25) is 0 Å². The van der Waals surface area contributed by atoms with E-state index in [1.165, 1.54) is 13.3 Å². The van der Waals surface area contributed by atoms with Crippen LogP contribution in [0.1, 0.15) is 10.4 Å². The summed E-state index contributed by atoms with van der Waals surface area (Å²) in [4.78, 5) is 15.3. The smallest absolute Gasteiger partial charge is 0.339 e. The van der Waals surface area contributed by atoms with Crippen LogP contribution >= 0.6 is 12.6 Å². The number of thiol groups is 1. The average Bonchev–Trinajstić information content (AvgIpc) is 2.03. The maximum atomic E-state index is 10.9. The second-order valence-electron chi connectivity index (χ2n) is 1.92. The Morgan fingerprint density at radius 3 is 2.91 bits per heavy atom. The lowest BCUT2D eigenvalue weighted by atomic mass is 10.3. The third kappa shape index (κ3) is 1.94. The van der Waals surface area contributed by atoms with E-state index in [0.717, 1.165) is 0 Å². The van der Waals surface area contributed by atoms with E-state index in [1.807, 2.05) is 0 Å². The van der Waals surface area contributed by atoms with E-state index in [2.05, 4.69) is 22.3 Å². The highest BCUT2D eigenvalue weighted by molar-refractivity contribution is 7.80. The molecule has 4 heteroatoms. The summed E-state index contributed by atoms with van der Waals surface area (Å²) in [7, 11) is 1.33. The first-order chi connectivity index (χ1) is 5.24. The van der Waals surface area contributed by atoms with Gasteiger partial charge in [-0.3, -0.25) is 4.98 Å². The average molecular weight is 169 g/mol. The molecule has 0 spiro atoms. The van der Waals surface area contributed by atoms with Crippen LogP contribution in [0.3, 0.4) is 0 Å². The molecule has 0 saturated heterocycles. The molecule has 11 heavy (non-hydrogen) atoms. The Balaban J connectivity index is 2.96. The van der Waals surface area contributed by atoms with E-state index in [-0.39, 0.29) is 0 Å². The van der Waals surface area contributed by atoms with Gasteiger partial charge in [-0.05, 0) is 6.07 Å². The summed E-state index contributed by atoms with van der Waals surface area (Å²) in [5.74, 6) is -0.395. The van der Waals surface area contributed by atoms with Crippen LogP contribution in [0.4, 0.5) is 0 Å². The number of nitrogens with zero attached hydrogens (tertiary/aromatic N) is 1. The van der Waals surface area contributed by atoms with Crippen molar-refractivity contribution in [1.29, 1.82) is 0 Å². The predicted molar refractivity (Wildman–Crippen MR) is 42.8 cm³/mol. The lowest BCUT2D eigenvalue weighted by Crippen LogP contribution is -2.01. The molecule has 1 rings (SSSR count). The van der Waals surface area contributed by atoms with Crippen LogP contribution in [0.25, 0.3) is 0 Å². The molecule has 0 atom stereocenters. The number of esters is 1. The first-order valence-electron chi connectivity index (χ1n) is 2.96. The largest absolute Gasteiger partial charge is 0.465 e. The van der Waals surface area contributed by atoms with Gasteiger partial charge in [0.25, 0.3) is 0 Å². The van der Waals surface area contributed by atoms with Gasteiger partial charge in [-0.15, -0.1) is 12.6 Å². The summed E-state index contributed by atoms with van der Waals surface area (Å²) >= 11 is 4.02. The third-order valence-electron chi connectivity index (χ3n) is 1.14. The van der Waals surface area contributed by atoms with Crippen molar-refractivity contribution in [2.75, 3.05) is 7.11 Å². The lowest BCUT2D eigenvalue weighted by Gasteiger charge is -1.97. The highest BCUT2D eigenvalue weighted by atomic mass is 32.1. The Kier molecular flexibility index (Phi) is 2.48. The number of methoxy groups -OCH3 is 1. The minimum Gasteiger partial charge on any atom is -0.465 e. The Morgan fingerprint density at radius 2 is 2.36 bits per heavy atom. The molecule has 0 unspecified atom stereocenters. The number of pyridine rings is 1. The second kappa shape index (κ2) is 3.39. The van der Waals surface area contributed by atoms with Crippen molar-refractivity contribution in [2.45, 2.75) is 4.90 Å². The molecule has 0 aliphatic rings. The predicted octanol–water partition coefficient (Wildman–Crippen LogP) is 1.16. The van der Waals surface area contributed by atoms with Crippen LogP contribution in [0, 0.1) is 0 Å². The maximum Gasteiger partial charge on any atom is 0.339 e. The quantitative estimate of drug-likeness (QED) is 0.506. The molecule has 0 amide bonds. The molecule has 0 fully saturated rings. The van der Waals surface area contributed by atoms with Gasteiger partial charge in [0.05, 0.1) is 12.7 Å². The molecule has 0 aliphatic carbocycles. The van der Waals surface area contributed by atoms with Crippen LogP contribution in [0.5, 0.6) is 0 Å². The minimum atomic E-state index is -0.395. The monoisotopic (exact) mass is 169 g/mol. The van der Waals surface area contributed by atoms with Gasteiger partial charge in [0.15, 0.2) is 0 Å². The number of aromatic nitrogens is 1. The summed E-state index contributed by atoms with van der Waals surface area (Å²) in [6.07, 6.45) is 2.99. The first-order valence-corrected chi connectivity index (χ1v) is 3.41. The van der Waals surface area contributed by atoms with Crippen molar-refractivity contribution in [3.63, 3.8) is 0 Å². The zero-order valence-corrected chi connectivity index (χ0v) is 6.84. The fourth-order valence-electron chi connectivity index (χ4n) is 0.657. The van der Waals surface area contributed by atoms with E-state index >= 15 is 0 Å². The number of hydrogen-bond donors (Lipinski definition) is 1. The highest BCUT2D eigenvalue weighted by Crippen LogP contribution is 2.06.